The smallest absolute Gasteiger partial charge is 0.253 e. The van der Waals surface area contributed by atoms with Gasteiger partial charge in [-0.3, -0.25) is 4.79 Å². The molecule has 0 bridgehead atoms. The predicted octanol–water partition coefficient (Wildman–Crippen LogP) is 2.90. The number of nitrogens with one attached hydrogen (secondary N) is 1. The molecule has 0 aromatic heterocycles. The molecule has 2 aromatic rings. The molecule has 0 saturated heterocycles. The summed E-state index contributed by atoms with van der Waals surface area (Å²) in [5, 5.41) is 2.95. The Labute approximate surface area is 125 Å². The van der Waals surface area contributed by atoms with Crippen LogP contribution >= 0.6 is 0 Å². The number of carbonyl (C=O) groups excluding carboxylic acids is 1. The number of benzene rings is 2. The van der Waals surface area contributed by atoms with Crippen molar-refractivity contribution in [1.29, 1.82) is 0 Å². The van der Waals surface area contributed by atoms with Gasteiger partial charge < -0.3 is 16.8 Å². The van der Waals surface area contributed by atoms with Crippen LogP contribution < -0.4 is 16.8 Å². The first-order chi connectivity index (χ1) is 10.0. The summed E-state index contributed by atoms with van der Waals surface area (Å²) in [7, 11) is 0. The summed E-state index contributed by atoms with van der Waals surface area (Å²) >= 11 is 0. The van der Waals surface area contributed by atoms with Gasteiger partial charge in [-0.05, 0) is 42.7 Å². The lowest BCUT2D eigenvalue weighted by Crippen LogP contribution is -2.27. The van der Waals surface area contributed by atoms with E-state index in [4.69, 9.17) is 11.5 Å². The lowest BCUT2D eigenvalue weighted by molar-refractivity contribution is 0.0941. The molecule has 1 amide bonds. The minimum atomic E-state index is -0.195. The van der Waals surface area contributed by atoms with Crippen molar-refractivity contribution in [3.05, 3.63) is 59.2 Å². The number of amides is 1. The molecule has 110 valence electrons. The van der Waals surface area contributed by atoms with Gasteiger partial charge in [0.15, 0.2) is 0 Å². The van der Waals surface area contributed by atoms with Crippen LogP contribution in [0.1, 0.15) is 41.4 Å². The van der Waals surface area contributed by atoms with Crippen LogP contribution in [-0.2, 0) is 6.42 Å². The maximum absolute atomic E-state index is 12.3. The molecule has 0 radical (unpaired) electrons. The van der Waals surface area contributed by atoms with Gasteiger partial charge in [-0.15, -0.1) is 0 Å². The van der Waals surface area contributed by atoms with Crippen LogP contribution in [0, 0.1) is 0 Å². The fourth-order valence-electron chi connectivity index (χ4n) is 2.19. The Balaban J connectivity index is 2.10. The third-order valence-electron chi connectivity index (χ3n) is 3.56. The summed E-state index contributed by atoms with van der Waals surface area (Å²) in [4.78, 5) is 12.3. The zero-order chi connectivity index (χ0) is 15.4. The van der Waals surface area contributed by atoms with Crippen molar-refractivity contribution in [2.75, 3.05) is 11.5 Å². The molecule has 2 aromatic carbocycles. The van der Waals surface area contributed by atoms with Crippen molar-refractivity contribution in [1.82, 2.24) is 5.32 Å². The monoisotopic (exact) mass is 283 g/mol. The summed E-state index contributed by atoms with van der Waals surface area (Å²) in [6, 6.07) is 13.1. The minimum absolute atomic E-state index is 0.0830. The number of rotatable bonds is 4. The molecular formula is C17H21N3O. The summed E-state index contributed by atoms with van der Waals surface area (Å²) < 4.78 is 0. The third kappa shape index (κ3) is 3.54. The minimum Gasteiger partial charge on any atom is -0.399 e. The molecule has 0 aliphatic carbocycles. The van der Waals surface area contributed by atoms with Crippen molar-refractivity contribution < 1.29 is 4.79 Å². The third-order valence-corrected chi connectivity index (χ3v) is 3.56. The van der Waals surface area contributed by atoms with Gasteiger partial charge in [0.05, 0.1) is 11.6 Å². The average molecular weight is 283 g/mol. The molecule has 5 N–H and O–H groups in total. The van der Waals surface area contributed by atoms with Crippen LogP contribution in [-0.4, -0.2) is 5.91 Å². The highest BCUT2D eigenvalue weighted by atomic mass is 16.1. The second-order valence-corrected chi connectivity index (χ2v) is 5.14. The highest BCUT2D eigenvalue weighted by Crippen LogP contribution is 2.18. The molecule has 0 aliphatic rings. The zero-order valence-corrected chi connectivity index (χ0v) is 12.4. The van der Waals surface area contributed by atoms with Gasteiger partial charge in [0.2, 0.25) is 0 Å². The number of hydrogen-bond acceptors (Lipinski definition) is 3. The Kier molecular flexibility index (Phi) is 4.48. The van der Waals surface area contributed by atoms with Gasteiger partial charge in [0, 0.05) is 11.4 Å². The lowest BCUT2D eigenvalue weighted by Gasteiger charge is -2.16. The molecule has 0 heterocycles. The number of carbonyl (C=O) groups is 1. The van der Waals surface area contributed by atoms with E-state index in [1.807, 2.05) is 19.1 Å². The topological polar surface area (TPSA) is 81.1 Å². The Hall–Kier alpha value is -2.49. The van der Waals surface area contributed by atoms with Crippen LogP contribution in [0.2, 0.25) is 0 Å². The second-order valence-electron chi connectivity index (χ2n) is 5.14. The molecule has 1 atom stereocenters. The lowest BCUT2D eigenvalue weighted by atomic mass is 10.0. The van der Waals surface area contributed by atoms with E-state index in [0.29, 0.717) is 16.9 Å². The molecule has 21 heavy (non-hydrogen) atoms. The number of nitrogens with two attached hydrogens (primary N) is 2. The number of aryl methyl sites for hydroxylation is 1. The van der Waals surface area contributed by atoms with E-state index in [-0.39, 0.29) is 11.9 Å². The van der Waals surface area contributed by atoms with E-state index < -0.39 is 0 Å². The van der Waals surface area contributed by atoms with Crippen LogP contribution in [0.25, 0.3) is 0 Å². The van der Waals surface area contributed by atoms with Crippen LogP contribution in [0.15, 0.2) is 42.5 Å². The van der Waals surface area contributed by atoms with Gasteiger partial charge in [-0.25, -0.2) is 0 Å². The standard InChI is InChI=1S/C17H21N3O/c1-3-12-4-6-13(7-5-12)11(2)20-17(21)15-9-8-14(18)10-16(15)19/h4-11H,3,18-19H2,1-2H3,(H,20,21). The van der Waals surface area contributed by atoms with Crippen LogP contribution in [0.4, 0.5) is 11.4 Å². The molecule has 1 unspecified atom stereocenters. The van der Waals surface area contributed by atoms with Gasteiger partial charge in [0.1, 0.15) is 0 Å². The van der Waals surface area contributed by atoms with Crippen molar-refractivity contribution >= 4 is 17.3 Å². The van der Waals surface area contributed by atoms with Crippen molar-refractivity contribution in [2.24, 2.45) is 0 Å². The van der Waals surface area contributed by atoms with E-state index in [1.165, 1.54) is 5.56 Å². The maximum atomic E-state index is 12.3. The average Bonchev–Trinajstić information content (AvgIpc) is 2.47. The molecule has 4 heteroatoms. The van der Waals surface area contributed by atoms with Crippen molar-refractivity contribution in [2.45, 2.75) is 26.3 Å². The highest BCUT2D eigenvalue weighted by Gasteiger charge is 2.13. The first kappa shape index (κ1) is 14.9. The first-order valence-corrected chi connectivity index (χ1v) is 7.06. The second kappa shape index (κ2) is 6.31. The molecule has 0 fully saturated rings. The Morgan fingerprint density at radius 1 is 1.14 bits per heavy atom. The summed E-state index contributed by atoms with van der Waals surface area (Å²) in [5.41, 5.74) is 15.2. The fraction of sp³-hybridized carbons (Fsp3) is 0.235. The first-order valence-electron chi connectivity index (χ1n) is 7.06. The zero-order valence-electron chi connectivity index (χ0n) is 12.4. The van der Waals surface area contributed by atoms with Gasteiger partial charge >= 0.3 is 0 Å². The molecular weight excluding hydrogens is 262 g/mol. The van der Waals surface area contributed by atoms with E-state index >= 15 is 0 Å². The largest absolute Gasteiger partial charge is 0.399 e. The quantitative estimate of drug-likeness (QED) is 0.755. The maximum Gasteiger partial charge on any atom is 0.253 e. The normalized spacial score (nSPS) is 11.9. The van der Waals surface area contributed by atoms with Gasteiger partial charge in [-0.1, -0.05) is 31.2 Å². The number of nitrogen functional groups attached to an aromatic ring is 2. The van der Waals surface area contributed by atoms with Gasteiger partial charge in [0.25, 0.3) is 5.91 Å². The van der Waals surface area contributed by atoms with Crippen molar-refractivity contribution in [3.63, 3.8) is 0 Å². The Morgan fingerprint density at radius 2 is 1.81 bits per heavy atom. The number of anilines is 2. The summed E-state index contributed by atoms with van der Waals surface area (Å²) in [6.07, 6.45) is 1.00. The fourth-order valence-corrected chi connectivity index (χ4v) is 2.19. The Morgan fingerprint density at radius 3 is 2.38 bits per heavy atom. The Bertz CT molecular complexity index is 635. The van der Waals surface area contributed by atoms with E-state index in [1.54, 1.807) is 18.2 Å². The van der Waals surface area contributed by atoms with Crippen molar-refractivity contribution in [3.8, 4) is 0 Å². The van der Waals surface area contributed by atoms with E-state index in [9.17, 15) is 4.79 Å². The molecule has 0 saturated carbocycles. The molecule has 0 spiro atoms. The summed E-state index contributed by atoms with van der Waals surface area (Å²) in [5.74, 6) is -0.195. The SMILES string of the molecule is CCc1ccc(C(C)NC(=O)c2ccc(N)cc2N)cc1. The van der Waals surface area contributed by atoms with Gasteiger partial charge in [-0.2, -0.15) is 0 Å². The number of hydrogen-bond donors (Lipinski definition) is 3. The summed E-state index contributed by atoms with van der Waals surface area (Å²) in [6.45, 7) is 4.07. The van der Waals surface area contributed by atoms with E-state index in [2.05, 4.69) is 24.4 Å². The van der Waals surface area contributed by atoms with Crippen LogP contribution in [0.3, 0.4) is 0 Å². The van der Waals surface area contributed by atoms with Crippen LogP contribution in [0.5, 0.6) is 0 Å². The molecule has 4 nitrogen and oxygen atoms in total. The molecule has 2 rings (SSSR count). The molecule has 0 aliphatic heterocycles. The van der Waals surface area contributed by atoms with E-state index in [0.717, 1.165) is 12.0 Å². The highest BCUT2D eigenvalue weighted by molar-refractivity contribution is 5.99. The predicted molar refractivity (Wildman–Crippen MR) is 87.0 cm³/mol.